The fourth-order valence-electron chi connectivity index (χ4n) is 3.12. The molecule has 1 fully saturated rings. The van der Waals surface area contributed by atoms with Gasteiger partial charge in [-0.2, -0.15) is 0 Å². The van der Waals surface area contributed by atoms with Gasteiger partial charge in [0.1, 0.15) is 0 Å². The molecule has 2 N–H and O–H groups in total. The molecule has 17 heavy (non-hydrogen) atoms. The minimum atomic E-state index is 0.231. The molecular weight excluding hydrogens is 228 g/mol. The monoisotopic (exact) mass is 252 g/mol. The van der Waals surface area contributed by atoms with Crippen LogP contribution in [0.25, 0.3) is 0 Å². The first kappa shape index (κ1) is 13.1. The van der Waals surface area contributed by atoms with Gasteiger partial charge in [0.25, 0.3) is 0 Å². The Labute approximate surface area is 109 Å². The summed E-state index contributed by atoms with van der Waals surface area (Å²) in [5, 5.41) is 9.57. The second-order valence-corrected chi connectivity index (χ2v) is 7.49. The van der Waals surface area contributed by atoms with Crippen LogP contribution in [-0.2, 0) is 6.54 Å². The Kier molecular flexibility index (Phi) is 3.62. The van der Waals surface area contributed by atoms with Gasteiger partial charge in [-0.05, 0) is 52.0 Å². The second kappa shape index (κ2) is 4.71. The third kappa shape index (κ3) is 3.80. The van der Waals surface area contributed by atoms with Gasteiger partial charge >= 0.3 is 0 Å². The number of nitrogens with one attached hydrogen (secondary N) is 2. The Hall–Kier alpha value is -0.380. The van der Waals surface area contributed by atoms with Gasteiger partial charge in [-0.1, -0.05) is 6.07 Å². The lowest BCUT2D eigenvalue weighted by atomic mass is 9.79. The van der Waals surface area contributed by atoms with E-state index >= 15 is 0 Å². The average Bonchev–Trinajstić information content (AvgIpc) is 2.61. The minimum absolute atomic E-state index is 0.231. The van der Waals surface area contributed by atoms with E-state index in [2.05, 4.69) is 55.8 Å². The van der Waals surface area contributed by atoms with Gasteiger partial charge in [0.2, 0.25) is 0 Å². The zero-order valence-corrected chi connectivity index (χ0v) is 12.2. The number of hydrogen-bond donors (Lipinski definition) is 2. The lowest BCUT2D eigenvalue weighted by molar-refractivity contribution is 0.146. The van der Waals surface area contributed by atoms with E-state index < -0.39 is 0 Å². The highest BCUT2D eigenvalue weighted by atomic mass is 32.1. The predicted octanol–water partition coefficient (Wildman–Crippen LogP) is 3.15. The lowest BCUT2D eigenvalue weighted by Gasteiger charge is -2.46. The molecule has 3 heteroatoms. The fourth-order valence-corrected chi connectivity index (χ4v) is 3.78. The van der Waals surface area contributed by atoms with E-state index in [-0.39, 0.29) is 11.1 Å². The zero-order valence-electron chi connectivity index (χ0n) is 11.3. The molecule has 0 bridgehead atoms. The Bertz CT molecular complexity index is 338. The molecule has 2 rings (SSSR count). The first-order valence-corrected chi connectivity index (χ1v) is 7.29. The largest absolute Gasteiger partial charge is 0.309 e. The molecule has 0 saturated carbocycles. The summed E-state index contributed by atoms with van der Waals surface area (Å²) in [5.41, 5.74) is 0.462. The number of piperidine rings is 1. The predicted molar refractivity (Wildman–Crippen MR) is 75.5 cm³/mol. The van der Waals surface area contributed by atoms with Crippen molar-refractivity contribution in [3.05, 3.63) is 22.4 Å². The van der Waals surface area contributed by atoms with Crippen molar-refractivity contribution in [1.29, 1.82) is 0 Å². The second-order valence-electron chi connectivity index (χ2n) is 6.46. The summed E-state index contributed by atoms with van der Waals surface area (Å²) >= 11 is 1.83. The summed E-state index contributed by atoms with van der Waals surface area (Å²) in [4.78, 5) is 1.43. The molecule has 2 nitrogen and oxygen atoms in total. The van der Waals surface area contributed by atoms with E-state index in [0.717, 1.165) is 6.54 Å². The average molecular weight is 252 g/mol. The van der Waals surface area contributed by atoms with E-state index in [1.165, 1.54) is 17.7 Å². The maximum atomic E-state index is 3.72. The molecule has 0 aliphatic carbocycles. The van der Waals surface area contributed by atoms with Crippen molar-refractivity contribution in [3.8, 4) is 0 Å². The van der Waals surface area contributed by atoms with Gasteiger partial charge in [0, 0.05) is 28.5 Å². The molecule has 1 aliphatic rings. The van der Waals surface area contributed by atoms with Crippen molar-refractivity contribution < 1.29 is 0 Å². The van der Waals surface area contributed by atoms with Crippen molar-refractivity contribution in [3.63, 3.8) is 0 Å². The van der Waals surface area contributed by atoms with Crippen LogP contribution in [0.3, 0.4) is 0 Å². The maximum absolute atomic E-state index is 3.72. The molecular formula is C14H24N2S. The minimum Gasteiger partial charge on any atom is -0.309 e. The molecule has 0 atom stereocenters. The van der Waals surface area contributed by atoms with E-state index in [4.69, 9.17) is 0 Å². The third-order valence-corrected chi connectivity index (χ3v) is 4.21. The van der Waals surface area contributed by atoms with Crippen LogP contribution in [0.2, 0.25) is 0 Å². The highest BCUT2D eigenvalue weighted by Gasteiger charge is 2.37. The Balaban J connectivity index is 1.92. The van der Waals surface area contributed by atoms with Crippen LogP contribution in [0.5, 0.6) is 0 Å². The van der Waals surface area contributed by atoms with Crippen LogP contribution in [-0.4, -0.2) is 17.1 Å². The summed E-state index contributed by atoms with van der Waals surface area (Å²) in [6, 6.07) is 4.94. The normalized spacial score (nSPS) is 23.8. The molecule has 0 spiro atoms. The highest BCUT2D eigenvalue weighted by Crippen LogP contribution is 2.28. The van der Waals surface area contributed by atoms with Gasteiger partial charge in [-0.25, -0.2) is 0 Å². The van der Waals surface area contributed by atoms with E-state index in [1.807, 2.05) is 11.3 Å². The van der Waals surface area contributed by atoms with Crippen LogP contribution in [0.1, 0.15) is 45.4 Å². The molecule has 0 unspecified atom stereocenters. The summed E-state index contributed by atoms with van der Waals surface area (Å²) in [5.74, 6) is 0. The van der Waals surface area contributed by atoms with Crippen molar-refractivity contribution in [2.45, 2.75) is 64.2 Å². The van der Waals surface area contributed by atoms with E-state index in [9.17, 15) is 0 Å². The molecule has 1 saturated heterocycles. The molecule has 0 radical (unpaired) electrons. The number of thiophene rings is 1. The van der Waals surface area contributed by atoms with Crippen molar-refractivity contribution >= 4 is 11.3 Å². The lowest BCUT2D eigenvalue weighted by Crippen LogP contribution is -2.61. The van der Waals surface area contributed by atoms with Gasteiger partial charge in [0.15, 0.2) is 0 Å². The van der Waals surface area contributed by atoms with Crippen LogP contribution in [0.15, 0.2) is 17.5 Å². The third-order valence-electron chi connectivity index (χ3n) is 3.34. The van der Waals surface area contributed by atoms with Crippen LogP contribution in [0, 0.1) is 0 Å². The summed E-state index contributed by atoms with van der Waals surface area (Å²) < 4.78 is 0. The van der Waals surface area contributed by atoms with Gasteiger partial charge < -0.3 is 10.6 Å². The molecule has 1 aromatic heterocycles. The number of hydrogen-bond acceptors (Lipinski definition) is 3. The molecule has 0 aromatic carbocycles. The highest BCUT2D eigenvalue weighted by molar-refractivity contribution is 7.09. The molecule has 96 valence electrons. The molecule has 0 amide bonds. The van der Waals surface area contributed by atoms with E-state index in [0.29, 0.717) is 6.04 Å². The van der Waals surface area contributed by atoms with Gasteiger partial charge in [-0.3, -0.25) is 0 Å². The van der Waals surface area contributed by atoms with Crippen molar-refractivity contribution in [2.75, 3.05) is 0 Å². The SMILES string of the molecule is CC1(C)CC(NCc2cccs2)CC(C)(C)N1. The summed E-state index contributed by atoms with van der Waals surface area (Å²) in [7, 11) is 0. The van der Waals surface area contributed by atoms with Crippen LogP contribution < -0.4 is 10.6 Å². The molecule has 1 aliphatic heterocycles. The van der Waals surface area contributed by atoms with E-state index in [1.54, 1.807) is 0 Å². The standard InChI is InChI=1S/C14H24N2S/c1-13(2)8-11(9-14(3,4)16-13)15-10-12-6-5-7-17-12/h5-7,11,15-16H,8-10H2,1-4H3. The quantitative estimate of drug-likeness (QED) is 0.863. The van der Waals surface area contributed by atoms with Crippen LogP contribution in [0.4, 0.5) is 0 Å². The Morgan fingerprint density at radius 3 is 2.47 bits per heavy atom. The molecule has 1 aromatic rings. The topological polar surface area (TPSA) is 24.1 Å². The Morgan fingerprint density at radius 1 is 1.29 bits per heavy atom. The first-order chi connectivity index (χ1) is 7.86. The number of rotatable bonds is 3. The summed E-state index contributed by atoms with van der Waals surface area (Å²) in [6.45, 7) is 10.2. The van der Waals surface area contributed by atoms with Crippen molar-refractivity contribution in [2.24, 2.45) is 0 Å². The Morgan fingerprint density at radius 2 is 1.94 bits per heavy atom. The smallest absolute Gasteiger partial charge is 0.0302 e. The zero-order chi connectivity index (χ0) is 12.5. The van der Waals surface area contributed by atoms with Crippen LogP contribution >= 0.6 is 11.3 Å². The van der Waals surface area contributed by atoms with Gasteiger partial charge in [0.05, 0.1) is 0 Å². The fraction of sp³-hybridized carbons (Fsp3) is 0.714. The van der Waals surface area contributed by atoms with Crippen molar-refractivity contribution in [1.82, 2.24) is 10.6 Å². The summed E-state index contributed by atoms with van der Waals surface area (Å²) in [6.07, 6.45) is 2.39. The first-order valence-electron chi connectivity index (χ1n) is 6.41. The maximum Gasteiger partial charge on any atom is 0.0302 e. The molecule has 2 heterocycles. The van der Waals surface area contributed by atoms with Gasteiger partial charge in [-0.15, -0.1) is 11.3 Å².